The first-order chi connectivity index (χ1) is 12.7. The summed E-state index contributed by atoms with van der Waals surface area (Å²) in [5, 5.41) is 7.00. The SMILES string of the molecule is Cn1cc(C(=O)NCc2cncc3c2CCN(c2ccccn2)C3)cn1. The summed E-state index contributed by atoms with van der Waals surface area (Å²) in [6, 6.07) is 5.95. The molecule has 7 heteroatoms. The molecule has 3 aromatic heterocycles. The number of aromatic nitrogens is 4. The first kappa shape index (κ1) is 16.3. The molecular formula is C19H20N6O. The second-order valence-electron chi connectivity index (χ2n) is 6.38. The molecule has 0 fully saturated rings. The fourth-order valence-corrected chi connectivity index (χ4v) is 3.27. The Morgan fingerprint density at radius 3 is 2.96 bits per heavy atom. The lowest BCUT2D eigenvalue weighted by Crippen LogP contribution is -2.32. The molecule has 4 rings (SSSR count). The van der Waals surface area contributed by atoms with Gasteiger partial charge in [0.25, 0.3) is 5.91 Å². The average Bonchev–Trinajstić information content (AvgIpc) is 3.13. The highest BCUT2D eigenvalue weighted by Crippen LogP contribution is 2.24. The Labute approximate surface area is 151 Å². The van der Waals surface area contributed by atoms with Gasteiger partial charge in [0.2, 0.25) is 0 Å². The van der Waals surface area contributed by atoms with Crippen LogP contribution in [0.3, 0.4) is 0 Å². The molecule has 0 aliphatic carbocycles. The van der Waals surface area contributed by atoms with Gasteiger partial charge in [0, 0.05) is 51.5 Å². The molecule has 0 unspecified atom stereocenters. The predicted octanol–water partition coefficient (Wildman–Crippen LogP) is 1.70. The van der Waals surface area contributed by atoms with E-state index in [-0.39, 0.29) is 5.91 Å². The number of fused-ring (bicyclic) bond motifs is 1. The lowest BCUT2D eigenvalue weighted by molar-refractivity contribution is 0.0950. The van der Waals surface area contributed by atoms with Gasteiger partial charge in [0.1, 0.15) is 5.82 Å². The minimum atomic E-state index is -0.123. The van der Waals surface area contributed by atoms with Gasteiger partial charge in [0.05, 0.1) is 11.8 Å². The van der Waals surface area contributed by atoms with Crippen molar-refractivity contribution in [3.63, 3.8) is 0 Å². The number of hydrogen-bond donors (Lipinski definition) is 1. The molecule has 0 bridgehead atoms. The van der Waals surface area contributed by atoms with Crippen molar-refractivity contribution in [2.24, 2.45) is 7.05 Å². The third-order valence-corrected chi connectivity index (χ3v) is 4.61. The van der Waals surface area contributed by atoms with Crippen molar-refractivity contribution in [2.45, 2.75) is 19.5 Å². The molecule has 0 radical (unpaired) electrons. The third kappa shape index (κ3) is 3.28. The van der Waals surface area contributed by atoms with Gasteiger partial charge >= 0.3 is 0 Å². The van der Waals surface area contributed by atoms with Crippen LogP contribution in [0.4, 0.5) is 5.82 Å². The van der Waals surface area contributed by atoms with Crippen molar-refractivity contribution in [1.29, 1.82) is 0 Å². The maximum atomic E-state index is 12.2. The van der Waals surface area contributed by atoms with Crippen molar-refractivity contribution in [3.8, 4) is 0 Å². The van der Waals surface area contributed by atoms with Gasteiger partial charge in [-0.2, -0.15) is 5.10 Å². The van der Waals surface area contributed by atoms with E-state index in [1.807, 2.05) is 36.8 Å². The molecule has 4 heterocycles. The molecule has 0 saturated heterocycles. The quantitative estimate of drug-likeness (QED) is 0.777. The Bertz CT molecular complexity index is 921. The van der Waals surface area contributed by atoms with E-state index in [1.165, 1.54) is 11.1 Å². The van der Waals surface area contributed by atoms with Crippen LogP contribution in [-0.4, -0.2) is 32.2 Å². The number of pyridine rings is 2. The van der Waals surface area contributed by atoms with Crippen LogP contribution in [0, 0.1) is 0 Å². The van der Waals surface area contributed by atoms with E-state index in [0.29, 0.717) is 12.1 Å². The molecule has 0 atom stereocenters. The summed E-state index contributed by atoms with van der Waals surface area (Å²) >= 11 is 0. The Kier molecular flexibility index (Phi) is 4.35. The molecule has 132 valence electrons. The van der Waals surface area contributed by atoms with E-state index in [2.05, 4.69) is 25.3 Å². The zero-order valence-corrected chi connectivity index (χ0v) is 14.6. The number of nitrogens with one attached hydrogen (secondary N) is 1. The largest absolute Gasteiger partial charge is 0.352 e. The third-order valence-electron chi connectivity index (χ3n) is 4.61. The molecule has 0 saturated carbocycles. The standard InChI is InChI=1S/C19H20N6O/c1-24-12-16(11-23-24)19(26)22-10-14-8-20-9-15-13-25(7-5-17(14)15)18-4-2-3-6-21-18/h2-4,6,8-9,11-12H,5,7,10,13H2,1H3,(H,22,26). The highest BCUT2D eigenvalue weighted by molar-refractivity contribution is 5.93. The van der Waals surface area contributed by atoms with E-state index in [0.717, 1.165) is 30.9 Å². The highest BCUT2D eigenvalue weighted by atomic mass is 16.1. The van der Waals surface area contributed by atoms with Gasteiger partial charge in [-0.05, 0) is 35.2 Å². The molecule has 7 nitrogen and oxygen atoms in total. The van der Waals surface area contributed by atoms with Crippen molar-refractivity contribution in [1.82, 2.24) is 25.1 Å². The van der Waals surface area contributed by atoms with Crippen molar-refractivity contribution in [3.05, 3.63) is 71.4 Å². The summed E-state index contributed by atoms with van der Waals surface area (Å²) in [7, 11) is 1.79. The summed E-state index contributed by atoms with van der Waals surface area (Å²) in [5.41, 5.74) is 4.10. The molecule has 1 aliphatic rings. The fraction of sp³-hybridized carbons (Fsp3) is 0.263. The van der Waals surface area contributed by atoms with Crippen molar-refractivity contribution < 1.29 is 4.79 Å². The lowest BCUT2D eigenvalue weighted by atomic mass is 9.97. The van der Waals surface area contributed by atoms with Crippen molar-refractivity contribution in [2.75, 3.05) is 11.4 Å². The van der Waals surface area contributed by atoms with E-state index in [9.17, 15) is 4.79 Å². The zero-order chi connectivity index (χ0) is 17.9. The molecule has 26 heavy (non-hydrogen) atoms. The minimum absolute atomic E-state index is 0.123. The van der Waals surface area contributed by atoms with Crippen LogP contribution >= 0.6 is 0 Å². The Hall–Kier alpha value is -3.22. The number of carbonyl (C=O) groups is 1. The summed E-state index contributed by atoms with van der Waals surface area (Å²) in [5.74, 6) is 0.857. The normalized spacial score (nSPS) is 13.3. The molecule has 1 amide bonds. The van der Waals surface area contributed by atoms with Crippen molar-refractivity contribution >= 4 is 11.7 Å². The van der Waals surface area contributed by atoms with Gasteiger partial charge in [-0.1, -0.05) is 6.07 Å². The summed E-state index contributed by atoms with van der Waals surface area (Å²) in [4.78, 5) is 23.3. The maximum absolute atomic E-state index is 12.2. The van der Waals surface area contributed by atoms with Gasteiger partial charge in [-0.15, -0.1) is 0 Å². The topological polar surface area (TPSA) is 75.9 Å². The minimum Gasteiger partial charge on any atom is -0.352 e. The Morgan fingerprint density at radius 2 is 2.19 bits per heavy atom. The van der Waals surface area contributed by atoms with Crippen LogP contribution in [0.1, 0.15) is 27.0 Å². The molecule has 0 spiro atoms. The summed E-state index contributed by atoms with van der Waals surface area (Å²) in [6.07, 6.45) is 9.76. The molecule has 0 aromatic carbocycles. The first-order valence-electron chi connectivity index (χ1n) is 8.58. The monoisotopic (exact) mass is 348 g/mol. The average molecular weight is 348 g/mol. The number of aryl methyl sites for hydroxylation is 1. The van der Waals surface area contributed by atoms with E-state index in [1.54, 1.807) is 24.1 Å². The number of anilines is 1. The first-order valence-corrected chi connectivity index (χ1v) is 8.58. The summed E-state index contributed by atoms with van der Waals surface area (Å²) < 4.78 is 1.62. The molecular weight excluding hydrogens is 328 g/mol. The predicted molar refractivity (Wildman–Crippen MR) is 97.6 cm³/mol. The van der Waals surface area contributed by atoms with Gasteiger partial charge in [-0.25, -0.2) is 4.98 Å². The van der Waals surface area contributed by atoms with Crippen LogP contribution in [0.5, 0.6) is 0 Å². The molecule has 3 aromatic rings. The number of amides is 1. The van der Waals surface area contributed by atoms with Crippen LogP contribution in [0.15, 0.2) is 49.2 Å². The number of carbonyl (C=O) groups excluding carboxylic acids is 1. The molecule has 1 aliphatic heterocycles. The van der Waals surface area contributed by atoms with Gasteiger partial charge in [-0.3, -0.25) is 14.5 Å². The van der Waals surface area contributed by atoms with Crippen LogP contribution < -0.4 is 10.2 Å². The second-order valence-corrected chi connectivity index (χ2v) is 6.38. The highest BCUT2D eigenvalue weighted by Gasteiger charge is 2.20. The number of hydrogen-bond acceptors (Lipinski definition) is 5. The van der Waals surface area contributed by atoms with Gasteiger partial charge in [0.15, 0.2) is 0 Å². The van der Waals surface area contributed by atoms with Crippen LogP contribution in [-0.2, 0) is 26.6 Å². The fourth-order valence-electron chi connectivity index (χ4n) is 3.27. The smallest absolute Gasteiger partial charge is 0.254 e. The van der Waals surface area contributed by atoms with E-state index >= 15 is 0 Å². The van der Waals surface area contributed by atoms with E-state index in [4.69, 9.17) is 0 Å². The summed E-state index contributed by atoms with van der Waals surface area (Å²) in [6.45, 7) is 2.15. The second kappa shape index (κ2) is 6.95. The molecule has 1 N–H and O–H groups in total. The Balaban J connectivity index is 1.47. The number of nitrogens with zero attached hydrogens (tertiary/aromatic N) is 5. The van der Waals surface area contributed by atoms with E-state index < -0.39 is 0 Å². The lowest BCUT2D eigenvalue weighted by Gasteiger charge is -2.30. The maximum Gasteiger partial charge on any atom is 0.254 e. The zero-order valence-electron chi connectivity index (χ0n) is 14.6. The number of rotatable bonds is 4. The van der Waals surface area contributed by atoms with Crippen LogP contribution in [0.25, 0.3) is 0 Å². The van der Waals surface area contributed by atoms with Crippen LogP contribution in [0.2, 0.25) is 0 Å². The Morgan fingerprint density at radius 1 is 1.27 bits per heavy atom. The van der Waals surface area contributed by atoms with Gasteiger partial charge < -0.3 is 10.2 Å².